The van der Waals surface area contributed by atoms with Crippen molar-refractivity contribution in [1.82, 2.24) is 0 Å². The monoisotopic (exact) mass is 326 g/mol. The Kier molecular flexibility index (Phi) is 7.05. The van der Waals surface area contributed by atoms with Gasteiger partial charge in [-0.05, 0) is 37.5 Å². The third-order valence-electron chi connectivity index (χ3n) is 2.41. The normalized spacial score (nSPS) is 12.1. The van der Waals surface area contributed by atoms with Crippen molar-refractivity contribution >= 4 is 35.1 Å². The van der Waals surface area contributed by atoms with E-state index >= 15 is 0 Å². The molecule has 1 aromatic rings. The number of benzene rings is 1. The van der Waals surface area contributed by atoms with Crippen LogP contribution >= 0.6 is 23.4 Å². The van der Waals surface area contributed by atoms with Gasteiger partial charge in [0.25, 0.3) is 0 Å². The van der Waals surface area contributed by atoms with E-state index in [1.54, 1.807) is 37.4 Å². The number of Topliss-reactive ketones (excluding diaryl/α,β-unsaturated/α-hetero) is 1. The van der Waals surface area contributed by atoms with Crippen molar-refractivity contribution in [1.29, 1.82) is 0 Å². The zero-order chi connectivity index (χ0) is 15.8. The van der Waals surface area contributed by atoms with E-state index in [2.05, 4.69) is 4.74 Å². The number of carbonyl (C=O) groups is 2. The Morgan fingerprint density at radius 1 is 1.38 bits per heavy atom. The zero-order valence-corrected chi connectivity index (χ0v) is 13.2. The third kappa shape index (κ3) is 5.28. The minimum absolute atomic E-state index is 0.164. The molecule has 0 aliphatic heterocycles. The van der Waals surface area contributed by atoms with Crippen molar-refractivity contribution in [2.45, 2.75) is 6.92 Å². The highest BCUT2D eigenvalue weighted by atomic mass is 35.5. The largest absolute Gasteiger partial charge is 0.502 e. The molecular weight excluding hydrogens is 312 g/mol. The van der Waals surface area contributed by atoms with Crippen LogP contribution in [0.3, 0.4) is 0 Å². The van der Waals surface area contributed by atoms with E-state index in [0.29, 0.717) is 15.5 Å². The predicted molar refractivity (Wildman–Crippen MR) is 84.7 cm³/mol. The van der Waals surface area contributed by atoms with Gasteiger partial charge < -0.3 is 9.84 Å². The summed E-state index contributed by atoms with van der Waals surface area (Å²) >= 11 is 7.06. The molecule has 0 atom stereocenters. The summed E-state index contributed by atoms with van der Waals surface area (Å²) in [7, 11) is 0. The number of allylic oxidation sites excluding steroid dienone is 3. The Labute approximate surface area is 132 Å². The fraction of sp³-hybridized carbons (Fsp3) is 0.200. The Bertz CT molecular complexity index is 593. The molecule has 0 saturated carbocycles. The zero-order valence-electron chi connectivity index (χ0n) is 11.6. The molecule has 1 aromatic carbocycles. The number of rotatable bonds is 6. The van der Waals surface area contributed by atoms with Gasteiger partial charge in [0, 0.05) is 10.6 Å². The van der Waals surface area contributed by atoms with Crippen LogP contribution in [0.2, 0.25) is 5.02 Å². The fourth-order valence-electron chi connectivity index (χ4n) is 1.44. The topological polar surface area (TPSA) is 63.6 Å². The van der Waals surface area contributed by atoms with Crippen LogP contribution in [0.25, 0.3) is 0 Å². The smallest absolute Gasteiger partial charge is 0.373 e. The maximum absolute atomic E-state index is 12.3. The van der Waals surface area contributed by atoms with Crippen LogP contribution in [0.1, 0.15) is 17.3 Å². The van der Waals surface area contributed by atoms with Gasteiger partial charge in [-0.25, -0.2) is 4.79 Å². The van der Waals surface area contributed by atoms with Gasteiger partial charge in [0.2, 0.25) is 5.76 Å². The lowest BCUT2D eigenvalue weighted by molar-refractivity contribution is -0.141. The van der Waals surface area contributed by atoms with E-state index in [1.807, 2.05) is 0 Å². The first kappa shape index (κ1) is 17.3. The van der Waals surface area contributed by atoms with Gasteiger partial charge in [-0.1, -0.05) is 23.7 Å². The third-order valence-corrected chi connectivity index (χ3v) is 3.40. The summed E-state index contributed by atoms with van der Waals surface area (Å²) in [5, 5.41) is 9.95. The van der Waals surface area contributed by atoms with Crippen molar-refractivity contribution in [3.8, 4) is 0 Å². The molecular formula is C15H15ClO4S. The summed E-state index contributed by atoms with van der Waals surface area (Å²) in [4.78, 5) is 23.9. The number of esters is 1. The predicted octanol–water partition coefficient (Wildman–Crippen LogP) is 3.77. The number of ketones is 1. The van der Waals surface area contributed by atoms with E-state index in [1.165, 1.54) is 17.8 Å². The van der Waals surface area contributed by atoms with Gasteiger partial charge in [-0.2, -0.15) is 0 Å². The van der Waals surface area contributed by atoms with Crippen molar-refractivity contribution in [2.24, 2.45) is 0 Å². The number of thioether (sulfide) groups is 1. The molecule has 0 spiro atoms. The Morgan fingerprint density at radius 3 is 2.67 bits per heavy atom. The standard InChI is InChI=1S/C15H15ClO4S/c1-3-20-15(19)12(17)7-8-13(21-2)14(18)10-5-4-6-11(16)9-10/h4-9,17H,3H2,1-2H3. The van der Waals surface area contributed by atoms with Crippen LogP contribution in [0, 0.1) is 0 Å². The average molecular weight is 327 g/mol. The second kappa shape index (κ2) is 8.54. The van der Waals surface area contributed by atoms with Gasteiger partial charge in [0.1, 0.15) is 0 Å². The Morgan fingerprint density at radius 2 is 2.10 bits per heavy atom. The highest BCUT2D eigenvalue weighted by molar-refractivity contribution is 8.03. The van der Waals surface area contributed by atoms with Crippen LogP contribution in [0.15, 0.2) is 47.1 Å². The number of hydrogen-bond acceptors (Lipinski definition) is 5. The molecule has 0 amide bonds. The number of hydrogen-bond donors (Lipinski definition) is 1. The fourth-order valence-corrected chi connectivity index (χ4v) is 2.13. The molecule has 0 radical (unpaired) electrons. The molecule has 0 aliphatic carbocycles. The lowest BCUT2D eigenvalue weighted by Crippen LogP contribution is -2.07. The SMILES string of the molecule is CCOC(=O)C(O)=CC=C(SC)C(=O)c1cccc(Cl)c1. The first-order valence-corrected chi connectivity index (χ1v) is 7.72. The molecule has 4 nitrogen and oxygen atoms in total. The summed E-state index contributed by atoms with van der Waals surface area (Å²) < 4.78 is 4.63. The van der Waals surface area contributed by atoms with E-state index in [0.717, 1.165) is 6.08 Å². The molecule has 6 heteroatoms. The van der Waals surface area contributed by atoms with Gasteiger partial charge in [0.05, 0.1) is 11.5 Å². The molecule has 112 valence electrons. The van der Waals surface area contributed by atoms with Crippen molar-refractivity contribution in [3.63, 3.8) is 0 Å². The molecule has 0 unspecified atom stereocenters. The van der Waals surface area contributed by atoms with Gasteiger partial charge in [-0.3, -0.25) is 4.79 Å². The second-order valence-electron chi connectivity index (χ2n) is 3.85. The first-order valence-electron chi connectivity index (χ1n) is 6.12. The van der Waals surface area contributed by atoms with Crippen molar-refractivity contribution in [3.05, 3.63) is 57.7 Å². The maximum atomic E-state index is 12.3. The molecule has 21 heavy (non-hydrogen) atoms. The highest BCUT2D eigenvalue weighted by Gasteiger charge is 2.12. The van der Waals surface area contributed by atoms with Gasteiger partial charge >= 0.3 is 5.97 Å². The number of aliphatic hydroxyl groups excluding tert-OH is 1. The Hall–Kier alpha value is -1.72. The van der Waals surface area contributed by atoms with E-state index in [-0.39, 0.29) is 12.4 Å². The summed E-state index contributed by atoms with van der Waals surface area (Å²) in [5.41, 5.74) is 0.437. The van der Waals surface area contributed by atoms with E-state index < -0.39 is 11.7 Å². The first-order chi connectivity index (χ1) is 9.99. The molecule has 0 aliphatic rings. The van der Waals surface area contributed by atoms with Crippen molar-refractivity contribution in [2.75, 3.05) is 12.9 Å². The van der Waals surface area contributed by atoms with Crippen molar-refractivity contribution < 1.29 is 19.4 Å². The number of carbonyl (C=O) groups excluding carboxylic acids is 2. The second-order valence-corrected chi connectivity index (χ2v) is 5.13. The number of halogens is 1. The van der Waals surface area contributed by atoms with Gasteiger partial charge in [-0.15, -0.1) is 11.8 Å². The maximum Gasteiger partial charge on any atom is 0.373 e. The Balaban J connectivity index is 2.97. The van der Waals surface area contributed by atoms with Crippen LogP contribution in [0.5, 0.6) is 0 Å². The van der Waals surface area contributed by atoms with Crippen LogP contribution < -0.4 is 0 Å². The molecule has 1 N–H and O–H groups in total. The lowest BCUT2D eigenvalue weighted by atomic mass is 10.1. The van der Waals surface area contributed by atoms with Gasteiger partial charge in [0.15, 0.2) is 5.78 Å². The molecule has 0 bridgehead atoms. The molecule has 0 saturated heterocycles. The molecule has 0 aromatic heterocycles. The summed E-state index contributed by atoms with van der Waals surface area (Å²) in [6.07, 6.45) is 4.25. The minimum Gasteiger partial charge on any atom is -0.502 e. The summed E-state index contributed by atoms with van der Waals surface area (Å²) in [6.45, 7) is 1.80. The highest BCUT2D eigenvalue weighted by Crippen LogP contribution is 2.20. The lowest BCUT2D eigenvalue weighted by Gasteiger charge is -2.03. The molecule has 0 heterocycles. The molecule has 1 rings (SSSR count). The average Bonchev–Trinajstić information content (AvgIpc) is 2.47. The number of aliphatic hydroxyl groups is 1. The van der Waals surface area contributed by atoms with Crippen LogP contribution in [-0.4, -0.2) is 29.7 Å². The quantitative estimate of drug-likeness (QED) is 0.283. The molecule has 0 fully saturated rings. The summed E-state index contributed by atoms with van der Waals surface area (Å²) in [5.74, 6) is -1.62. The van der Waals surface area contributed by atoms with E-state index in [4.69, 9.17) is 11.6 Å². The number of ether oxygens (including phenoxy) is 1. The summed E-state index contributed by atoms with van der Waals surface area (Å²) in [6, 6.07) is 6.56. The van der Waals surface area contributed by atoms with E-state index in [9.17, 15) is 14.7 Å². The van der Waals surface area contributed by atoms with Crippen LogP contribution in [-0.2, 0) is 9.53 Å². The minimum atomic E-state index is -0.829. The van der Waals surface area contributed by atoms with Crippen LogP contribution in [0.4, 0.5) is 0 Å².